The van der Waals surface area contributed by atoms with Gasteiger partial charge in [0.15, 0.2) is 0 Å². The fourth-order valence-electron chi connectivity index (χ4n) is 1.99. The van der Waals surface area contributed by atoms with Gasteiger partial charge in [0.2, 0.25) is 0 Å². The van der Waals surface area contributed by atoms with E-state index in [2.05, 4.69) is 13.5 Å². The molecule has 1 spiro atoms. The third-order valence-corrected chi connectivity index (χ3v) is 13.4. The standard InChI is InChI=1S/C10H20Cl2N3O7P3/c11-23-13-24(12)15-25(14-23,22-10-9-20-24)21-8-6-18-4-2-16-1-3-17-5-7-19-23/h1-10H2/t23-,24-,25+/m0/s1. The van der Waals surface area contributed by atoms with Crippen molar-refractivity contribution in [1.29, 1.82) is 0 Å². The van der Waals surface area contributed by atoms with Gasteiger partial charge < -0.3 is 32.3 Å². The van der Waals surface area contributed by atoms with Crippen LogP contribution in [0.5, 0.6) is 0 Å². The minimum absolute atomic E-state index is 0.199. The molecule has 3 heterocycles. The molecule has 0 radical (unpaired) electrons. The molecule has 3 bridgehead atoms. The lowest BCUT2D eigenvalue weighted by atomic mass is 10.7. The fraction of sp³-hybridized carbons (Fsp3) is 1.00. The van der Waals surface area contributed by atoms with E-state index in [0.29, 0.717) is 39.6 Å². The third-order valence-electron chi connectivity index (χ3n) is 2.98. The summed E-state index contributed by atoms with van der Waals surface area (Å²) < 4.78 is 52.0. The average molecular weight is 458 g/mol. The highest BCUT2D eigenvalue weighted by molar-refractivity contribution is 8.00. The zero-order valence-electron chi connectivity index (χ0n) is 13.4. The van der Waals surface area contributed by atoms with Gasteiger partial charge in [0.1, 0.15) is 0 Å². The molecule has 10 nitrogen and oxygen atoms in total. The zero-order chi connectivity index (χ0) is 17.6. The summed E-state index contributed by atoms with van der Waals surface area (Å²) in [6, 6.07) is 0. The van der Waals surface area contributed by atoms with E-state index >= 15 is 0 Å². The second-order valence-electron chi connectivity index (χ2n) is 4.87. The molecule has 0 amide bonds. The summed E-state index contributed by atoms with van der Waals surface area (Å²) in [6.45, 7) is -2.77. The molecular weight excluding hydrogens is 438 g/mol. The van der Waals surface area contributed by atoms with Gasteiger partial charge in [-0.05, 0) is 22.5 Å². The smallest absolute Gasteiger partial charge is 0.347 e. The van der Waals surface area contributed by atoms with Crippen LogP contribution in [-0.4, -0.2) is 66.1 Å². The van der Waals surface area contributed by atoms with Gasteiger partial charge in [-0.1, -0.05) is 0 Å². The molecule has 0 unspecified atom stereocenters. The predicted octanol–water partition coefficient (Wildman–Crippen LogP) is 4.46. The number of ether oxygens (including phenoxy) is 3. The van der Waals surface area contributed by atoms with E-state index in [1.165, 1.54) is 0 Å². The van der Waals surface area contributed by atoms with E-state index in [9.17, 15) is 0 Å². The number of fused-ring (bicyclic) bond motifs is 1. The highest BCUT2D eigenvalue weighted by Crippen LogP contribution is 2.83. The monoisotopic (exact) mass is 457 g/mol. The Hall–Kier alpha value is 0.990. The van der Waals surface area contributed by atoms with Gasteiger partial charge in [0, 0.05) is 0 Å². The Kier molecular flexibility index (Phi) is 7.84. The second kappa shape index (κ2) is 9.46. The van der Waals surface area contributed by atoms with Crippen LogP contribution in [0.25, 0.3) is 0 Å². The summed E-state index contributed by atoms with van der Waals surface area (Å²) in [7, 11) is -3.07. The summed E-state index contributed by atoms with van der Waals surface area (Å²) in [4.78, 5) is 0. The van der Waals surface area contributed by atoms with Crippen molar-refractivity contribution in [2.75, 3.05) is 66.1 Å². The van der Waals surface area contributed by atoms with E-state index in [1.807, 2.05) is 0 Å². The maximum atomic E-state index is 6.51. The van der Waals surface area contributed by atoms with Gasteiger partial charge in [-0.15, -0.1) is 0 Å². The highest BCUT2D eigenvalue weighted by atomic mass is 35.7. The van der Waals surface area contributed by atoms with Gasteiger partial charge in [-0.25, -0.2) is 0 Å². The quantitative estimate of drug-likeness (QED) is 0.494. The van der Waals surface area contributed by atoms with Crippen LogP contribution in [0.2, 0.25) is 0 Å². The summed E-state index contributed by atoms with van der Waals surface area (Å²) in [6.07, 6.45) is 0. The first-order valence-corrected chi connectivity index (χ1v) is 14.2. The van der Waals surface area contributed by atoms with Crippen molar-refractivity contribution in [3.8, 4) is 0 Å². The molecular formula is C10H20Cl2N3O7P3. The summed E-state index contributed by atoms with van der Waals surface area (Å²) >= 11 is 13.0. The first kappa shape index (κ1) is 20.7. The summed E-state index contributed by atoms with van der Waals surface area (Å²) in [5, 5.41) is 0. The van der Waals surface area contributed by atoms with Crippen LogP contribution in [0, 0.1) is 0 Å². The molecule has 25 heavy (non-hydrogen) atoms. The van der Waals surface area contributed by atoms with E-state index in [4.69, 9.17) is 54.8 Å². The molecule has 15 heteroatoms. The number of rotatable bonds is 0. The molecule has 0 fully saturated rings. The molecule has 0 saturated carbocycles. The molecule has 0 aromatic rings. The molecule has 0 aromatic carbocycles. The minimum atomic E-state index is -3.12. The van der Waals surface area contributed by atoms with Gasteiger partial charge in [-0.2, -0.15) is 13.5 Å². The highest BCUT2D eigenvalue weighted by Gasteiger charge is 2.41. The van der Waals surface area contributed by atoms with Crippen molar-refractivity contribution < 1.29 is 32.3 Å². The third kappa shape index (κ3) is 6.24. The van der Waals surface area contributed by atoms with E-state index in [0.717, 1.165) is 0 Å². The van der Waals surface area contributed by atoms with Crippen LogP contribution in [0.4, 0.5) is 0 Å². The SMILES string of the molecule is Cl[P@]12=N[P@@]3(Cl)=N[P@@](=N1)(OCCOCCOCCOCCO3)OCCO2. The largest absolute Gasteiger partial charge is 0.377 e. The molecule has 0 aliphatic carbocycles. The van der Waals surface area contributed by atoms with Crippen molar-refractivity contribution in [3.63, 3.8) is 0 Å². The average Bonchev–Trinajstić information content (AvgIpc) is 2.66. The number of nitrogens with zero attached hydrogens (tertiary/aromatic N) is 3. The van der Waals surface area contributed by atoms with E-state index in [1.54, 1.807) is 0 Å². The van der Waals surface area contributed by atoms with Crippen LogP contribution in [0.15, 0.2) is 13.5 Å². The van der Waals surface area contributed by atoms with Gasteiger partial charge >= 0.3 is 21.2 Å². The van der Waals surface area contributed by atoms with Crippen LogP contribution < -0.4 is 0 Å². The first-order valence-electron chi connectivity index (χ1n) is 7.66. The fourth-order valence-corrected chi connectivity index (χ4v) is 13.6. The first-order chi connectivity index (χ1) is 12.0. The lowest BCUT2D eigenvalue weighted by Crippen LogP contribution is -2.13. The lowest BCUT2D eigenvalue weighted by Gasteiger charge is -2.26. The Bertz CT molecular complexity index is 635. The van der Waals surface area contributed by atoms with Crippen molar-refractivity contribution in [1.82, 2.24) is 0 Å². The predicted molar refractivity (Wildman–Crippen MR) is 96.0 cm³/mol. The number of hydrogen-bond donors (Lipinski definition) is 0. The van der Waals surface area contributed by atoms with Gasteiger partial charge in [0.05, 0.1) is 66.1 Å². The number of hydrogen-bond acceptors (Lipinski definition) is 10. The Morgan fingerprint density at radius 1 is 0.480 bits per heavy atom. The maximum Gasteiger partial charge on any atom is 0.347 e. The Morgan fingerprint density at radius 3 is 1.48 bits per heavy atom. The molecule has 0 saturated heterocycles. The van der Waals surface area contributed by atoms with Gasteiger partial charge in [0.25, 0.3) is 0 Å². The molecule has 0 aromatic heterocycles. The molecule has 3 rings (SSSR count). The topological polar surface area (TPSA) is 102 Å². The normalized spacial score (nSPS) is 41.5. The zero-order valence-corrected chi connectivity index (χ0v) is 17.6. The molecule has 3 aliphatic rings. The van der Waals surface area contributed by atoms with Gasteiger partial charge in [-0.3, -0.25) is 0 Å². The Morgan fingerprint density at radius 2 is 0.880 bits per heavy atom. The van der Waals surface area contributed by atoms with E-state index in [-0.39, 0.29) is 26.4 Å². The van der Waals surface area contributed by atoms with Crippen LogP contribution >= 0.6 is 43.7 Å². The summed E-state index contributed by atoms with van der Waals surface area (Å²) in [5.74, 6) is 0. The summed E-state index contributed by atoms with van der Waals surface area (Å²) in [5.41, 5.74) is 0. The molecule has 146 valence electrons. The molecule has 0 N–H and O–H groups in total. The van der Waals surface area contributed by atoms with Crippen LogP contribution in [0.1, 0.15) is 0 Å². The van der Waals surface area contributed by atoms with Crippen molar-refractivity contribution in [2.24, 2.45) is 13.5 Å². The van der Waals surface area contributed by atoms with Crippen LogP contribution in [0.3, 0.4) is 0 Å². The van der Waals surface area contributed by atoms with Crippen molar-refractivity contribution in [3.05, 3.63) is 0 Å². The van der Waals surface area contributed by atoms with Crippen molar-refractivity contribution in [2.45, 2.75) is 0 Å². The van der Waals surface area contributed by atoms with Crippen molar-refractivity contribution >= 4 is 43.7 Å². The minimum Gasteiger partial charge on any atom is -0.377 e. The lowest BCUT2D eigenvalue weighted by molar-refractivity contribution is 0.00481. The maximum absolute atomic E-state index is 6.51. The molecule has 3 atom stereocenters. The van der Waals surface area contributed by atoms with Crippen LogP contribution in [-0.2, 0) is 32.3 Å². The Labute approximate surface area is 155 Å². The number of halogens is 2. The second-order valence-corrected chi connectivity index (χ2v) is 13.6. The molecule has 3 aliphatic heterocycles. The Balaban J connectivity index is 1.83. The van der Waals surface area contributed by atoms with E-state index < -0.39 is 21.2 Å².